The van der Waals surface area contributed by atoms with Crippen molar-refractivity contribution in [1.82, 2.24) is 0 Å². The summed E-state index contributed by atoms with van der Waals surface area (Å²) >= 11 is 0. The Morgan fingerprint density at radius 3 is 2.53 bits per heavy atom. The normalized spacial score (nSPS) is 20.1. The quantitative estimate of drug-likeness (QED) is 0.487. The molecule has 0 amide bonds. The van der Waals surface area contributed by atoms with Crippen LogP contribution in [0.4, 0.5) is 0 Å². The maximum absolute atomic E-state index is 12.8. The van der Waals surface area contributed by atoms with Crippen molar-refractivity contribution >= 4 is 5.97 Å². The summed E-state index contributed by atoms with van der Waals surface area (Å²) < 4.78 is 22.1. The molecule has 1 aliphatic heterocycles. The van der Waals surface area contributed by atoms with Crippen LogP contribution in [-0.2, 0) is 4.79 Å². The molecule has 0 fully saturated rings. The van der Waals surface area contributed by atoms with E-state index in [0.29, 0.717) is 34.1 Å². The van der Waals surface area contributed by atoms with E-state index in [-0.39, 0.29) is 25.8 Å². The predicted octanol–water partition coefficient (Wildman–Crippen LogP) is 3.48. The van der Waals surface area contributed by atoms with Gasteiger partial charge in [0.1, 0.15) is 23.9 Å². The van der Waals surface area contributed by atoms with Gasteiger partial charge in [-0.15, -0.1) is 0 Å². The van der Waals surface area contributed by atoms with E-state index in [0.717, 1.165) is 11.1 Å². The average Bonchev–Trinajstić information content (AvgIpc) is 3.44. The molecule has 0 bridgehead atoms. The van der Waals surface area contributed by atoms with Gasteiger partial charge in [0, 0.05) is 23.5 Å². The SMILES string of the molecule is COc1ccc([C@@H]2c3cc(O)ccc3[C@H](c3ccc4c(c3)OCO4)[C@H]2C(=O)O)c(OCCO)c1. The third-order valence-electron chi connectivity index (χ3n) is 6.40. The van der Waals surface area contributed by atoms with Crippen LogP contribution in [0.2, 0.25) is 0 Å². The van der Waals surface area contributed by atoms with Gasteiger partial charge in [-0.05, 0) is 47.0 Å². The second-order valence-corrected chi connectivity index (χ2v) is 8.22. The molecule has 5 rings (SSSR count). The van der Waals surface area contributed by atoms with Crippen LogP contribution in [0.3, 0.4) is 0 Å². The van der Waals surface area contributed by atoms with Gasteiger partial charge < -0.3 is 34.3 Å². The first-order valence-corrected chi connectivity index (χ1v) is 10.9. The number of carboxylic acids is 1. The number of aromatic hydroxyl groups is 1. The zero-order valence-corrected chi connectivity index (χ0v) is 18.4. The van der Waals surface area contributed by atoms with Crippen LogP contribution in [0.1, 0.15) is 34.1 Å². The topological polar surface area (TPSA) is 115 Å². The number of hydrogen-bond acceptors (Lipinski definition) is 7. The summed E-state index contributed by atoms with van der Waals surface area (Å²) in [4.78, 5) is 12.8. The molecule has 0 saturated carbocycles. The minimum absolute atomic E-state index is 0.0448. The molecule has 8 nitrogen and oxygen atoms in total. The van der Waals surface area contributed by atoms with Gasteiger partial charge in [0.15, 0.2) is 11.5 Å². The number of aliphatic hydroxyl groups is 1. The molecule has 0 radical (unpaired) electrons. The number of carbonyl (C=O) groups is 1. The number of fused-ring (bicyclic) bond motifs is 2. The highest BCUT2D eigenvalue weighted by Gasteiger charge is 2.48. The van der Waals surface area contributed by atoms with Crippen molar-refractivity contribution in [3.05, 3.63) is 76.9 Å². The Morgan fingerprint density at radius 2 is 1.76 bits per heavy atom. The zero-order valence-electron chi connectivity index (χ0n) is 18.4. The van der Waals surface area contributed by atoms with Crippen LogP contribution >= 0.6 is 0 Å². The molecule has 3 atom stereocenters. The number of phenolic OH excluding ortho intramolecular Hbond substituents is 1. The molecule has 8 heteroatoms. The highest BCUT2D eigenvalue weighted by molar-refractivity contribution is 5.78. The van der Waals surface area contributed by atoms with Crippen LogP contribution in [0.5, 0.6) is 28.7 Å². The average molecular weight is 464 g/mol. The van der Waals surface area contributed by atoms with E-state index >= 15 is 0 Å². The summed E-state index contributed by atoms with van der Waals surface area (Å²) in [7, 11) is 1.53. The fourth-order valence-corrected chi connectivity index (χ4v) is 5.01. The van der Waals surface area contributed by atoms with Crippen molar-refractivity contribution in [2.45, 2.75) is 11.8 Å². The van der Waals surface area contributed by atoms with E-state index in [1.807, 2.05) is 12.1 Å². The van der Waals surface area contributed by atoms with Crippen LogP contribution in [0, 0.1) is 5.92 Å². The third-order valence-corrected chi connectivity index (χ3v) is 6.40. The molecule has 0 unspecified atom stereocenters. The number of hydrogen-bond donors (Lipinski definition) is 3. The number of aliphatic hydroxyl groups excluding tert-OH is 1. The Morgan fingerprint density at radius 1 is 0.971 bits per heavy atom. The maximum atomic E-state index is 12.8. The van der Waals surface area contributed by atoms with Crippen LogP contribution in [0.15, 0.2) is 54.6 Å². The Kier molecular flexibility index (Phi) is 5.67. The molecular weight excluding hydrogens is 440 g/mol. The predicted molar refractivity (Wildman–Crippen MR) is 121 cm³/mol. The van der Waals surface area contributed by atoms with Gasteiger partial charge in [0.25, 0.3) is 0 Å². The molecule has 0 spiro atoms. The lowest BCUT2D eigenvalue weighted by molar-refractivity contribution is -0.142. The van der Waals surface area contributed by atoms with Crippen molar-refractivity contribution < 1.29 is 39.1 Å². The van der Waals surface area contributed by atoms with Crippen molar-refractivity contribution in [2.75, 3.05) is 27.1 Å². The molecule has 3 aromatic carbocycles. The first-order valence-electron chi connectivity index (χ1n) is 10.9. The van der Waals surface area contributed by atoms with E-state index in [1.54, 1.807) is 42.5 Å². The van der Waals surface area contributed by atoms with Gasteiger partial charge in [0.05, 0.1) is 19.6 Å². The Balaban J connectivity index is 1.69. The van der Waals surface area contributed by atoms with Gasteiger partial charge in [-0.1, -0.05) is 18.2 Å². The zero-order chi connectivity index (χ0) is 23.8. The number of phenols is 1. The molecule has 1 heterocycles. The number of aliphatic carboxylic acids is 1. The minimum Gasteiger partial charge on any atom is -0.508 e. The van der Waals surface area contributed by atoms with Gasteiger partial charge in [-0.2, -0.15) is 0 Å². The van der Waals surface area contributed by atoms with Gasteiger partial charge >= 0.3 is 5.97 Å². The van der Waals surface area contributed by atoms with E-state index in [9.17, 15) is 20.1 Å². The number of benzene rings is 3. The first kappa shape index (κ1) is 21.9. The highest BCUT2D eigenvalue weighted by Crippen LogP contribution is 2.55. The van der Waals surface area contributed by atoms with Crippen molar-refractivity contribution in [3.8, 4) is 28.7 Å². The maximum Gasteiger partial charge on any atom is 0.308 e. The second-order valence-electron chi connectivity index (χ2n) is 8.22. The first-order chi connectivity index (χ1) is 16.5. The number of methoxy groups -OCH3 is 1. The van der Waals surface area contributed by atoms with Crippen molar-refractivity contribution in [2.24, 2.45) is 5.92 Å². The van der Waals surface area contributed by atoms with E-state index < -0.39 is 23.7 Å². The number of ether oxygens (including phenoxy) is 4. The lowest BCUT2D eigenvalue weighted by atomic mass is 9.79. The lowest BCUT2D eigenvalue weighted by Crippen LogP contribution is -2.24. The Bertz CT molecular complexity index is 1240. The van der Waals surface area contributed by atoms with E-state index in [4.69, 9.17) is 18.9 Å². The fraction of sp³-hybridized carbons (Fsp3) is 0.269. The molecule has 3 aromatic rings. The monoisotopic (exact) mass is 464 g/mol. The molecule has 3 N–H and O–H groups in total. The van der Waals surface area contributed by atoms with Crippen molar-refractivity contribution in [1.29, 1.82) is 0 Å². The summed E-state index contributed by atoms with van der Waals surface area (Å²) in [6.07, 6.45) is 0. The molecular formula is C26H24O8. The molecule has 176 valence electrons. The molecule has 0 saturated heterocycles. The fourth-order valence-electron chi connectivity index (χ4n) is 5.01. The van der Waals surface area contributed by atoms with Gasteiger partial charge in [-0.25, -0.2) is 0 Å². The third kappa shape index (κ3) is 3.66. The summed E-state index contributed by atoms with van der Waals surface area (Å²) in [5.41, 5.74) is 2.92. The summed E-state index contributed by atoms with van der Waals surface area (Å²) in [6.45, 7) is -0.0275. The number of rotatable bonds is 7. The molecule has 34 heavy (non-hydrogen) atoms. The Labute approximate surface area is 195 Å². The lowest BCUT2D eigenvalue weighted by Gasteiger charge is -2.24. The van der Waals surface area contributed by atoms with E-state index in [1.165, 1.54) is 7.11 Å². The van der Waals surface area contributed by atoms with E-state index in [2.05, 4.69) is 0 Å². The van der Waals surface area contributed by atoms with Crippen LogP contribution in [-0.4, -0.2) is 48.4 Å². The molecule has 0 aromatic heterocycles. The molecule has 2 aliphatic rings. The van der Waals surface area contributed by atoms with Crippen LogP contribution in [0.25, 0.3) is 0 Å². The summed E-state index contributed by atoms with van der Waals surface area (Å²) in [5, 5.41) is 30.1. The Hall–Kier alpha value is -3.91. The minimum atomic E-state index is -0.979. The smallest absolute Gasteiger partial charge is 0.308 e. The standard InChI is InChI=1S/C26H24O8/c1-31-16-4-6-18(21(12-16)32-9-8-27)24-19-11-15(28)3-5-17(19)23(25(24)26(29)30)14-2-7-20-22(10-14)34-13-33-20/h2-7,10-12,23-25,27-28H,8-9,13H2,1H3,(H,29,30)/t23-,24+,25+/m0/s1. The summed E-state index contributed by atoms with van der Waals surface area (Å²) in [6, 6.07) is 15.6. The largest absolute Gasteiger partial charge is 0.508 e. The number of carboxylic acid groups (broad SMARTS) is 1. The van der Waals surface area contributed by atoms with Gasteiger partial charge in [0.2, 0.25) is 6.79 Å². The summed E-state index contributed by atoms with van der Waals surface area (Å²) in [5.74, 6) is -0.780. The van der Waals surface area contributed by atoms with Crippen LogP contribution < -0.4 is 18.9 Å². The molecule has 1 aliphatic carbocycles. The second kappa shape index (κ2) is 8.79. The highest BCUT2D eigenvalue weighted by atomic mass is 16.7. The van der Waals surface area contributed by atoms with Crippen molar-refractivity contribution in [3.63, 3.8) is 0 Å². The van der Waals surface area contributed by atoms with Gasteiger partial charge in [-0.3, -0.25) is 4.79 Å².